The molecule has 0 unspecified atom stereocenters. The maximum atomic E-state index is 13.3. The highest BCUT2D eigenvalue weighted by atomic mass is 127. The van der Waals surface area contributed by atoms with Crippen LogP contribution in [0.1, 0.15) is 59.3 Å². The first-order valence-corrected chi connectivity index (χ1v) is 13.5. The Morgan fingerprint density at radius 3 is 2.91 bits per heavy atom. The summed E-state index contributed by atoms with van der Waals surface area (Å²) < 4.78 is 6.96. The van der Waals surface area contributed by atoms with Crippen LogP contribution in [0.25, 0.3) is 0 Å². The van der Waals surface area contributed by atoms with E-state index in [1.165, 1.54) is 4.88 Å². The molecule has 1 aromatic carbocycles. The van der Waals surface area contributed by atoms with Crippen LogP contribution in [-0.4, -0.2) is 17.2 Å². The number of carbonyl (C=O) groups excluding carboxylic acids is 1. The van der Waals surface area contributed by atoms with Gasteiger partial charge in [-0.15, -0.1) is 11.3 Å². The molecule has 0 bridgehead atoms. The van der Waals surface area contributed by atoms with E-state index < -0.39 is 0 Å². The van der Waals surface area contributed by atoms with Gasteiger partial charge in [-0.2, -0.15) is 0 Å². The van der Waals surface area contributed by atoms with Gasteiger partial charge >= 0.3 is 0 Å². The van der Waals surface area contributed by atoms with Crippen molar-refractivity contribution in [2.45, 2.75) is 46.6 Å². The van der Waals surface area contributed by atoms with Crippen LogP contribution in [-0.2, 0) is 19.4 Å². The Morgan fingerprint density at radius 2 is 2.21 bits per heavy atom. The summed E-state index contributed by atoms with van der Waals surface area (Å²) in [6, 6.07) is 7.31. The zero-order chi connectivity index (χ0) is 23.8. The summed E-state index contributed by atoms with van der Waals surface area (Å²) in [7, 11) is 0. The molecule has 1 amide bonds. The number of hydrogen-bond acceptors (Lipinski definition) is 5. The lowest BCUT2D eigenvalue weighted by Gasteiger charge is -2.33. The Kier molecular flexibility index (Phi) is 7.35. The van der Waals surface area contributed by atoms with E-state index in [0.29, 0.717) is 34.4 Å². The molecule has 5 nitrogen and oxygen atoms in total. The molecule has 1 aliphatic rings. The van der Waals surface area contributed by atoms with Crippen LogP contribution in [0.15, 0.2) is 44.4 Å². The highest BCUT2D eigenvalue weighted by Crippen LogP contribution is 2.45. The average molecular weight is 641 g/mol. The predicted molar refractivity (Wildman–Crippen MR) is 145 cm³/mol. The summed E-state index contributed by atoms with van der Waals surface area (Å²) in [6.07, 6.45) is 6.12. The highest BCUT2D eigenvalue weighted by molar-refractivity contribution is 14.1. The number of aromatic hydroxyl groups is 1. The number of aliphatic imine (C=N–C) groups is 1. The minimum absolute atomic E-state index is 0.140. The van der Waals surface area contributed by atoms with Crippen molar-refractivity contribution in [2.24, 2.45) is 16.3 Å². The van der Waals surface area contributed by atoms with E-state index in [2.05, 4.69) is 64.6 Å². The molecule has 1 atom stereocenters. The lowest BCUT2D eigenvalue weighted by atomic mass is 9.72. The van der Waals surface area contributed by atoms with E-state index in [1.54, 1.807) is 23.8 Å². The van der Waals surface area contributed by atoms with Crippen LogP contribution in [0.3, 0.4) is 0 Å². The molecular formula is C25H26BrIN2O3S. The van der Waals surface area contributed by atoms with Gasteiger partial charge in [-0.25, -0.2) is 4.99 Å². The van der Waals surface area contributed by atoms with Crippen molar-refractivity contribution in [3.05, 3.63) is 65.9 Å². The Morgan fingerprint density at radius 1 is 1.42 bits per heavy atom. The third-order valence-corrected chi connectivity index (χ3v) is 8.52. The van der Waals surface area contributed by atoms with Crippen LogP contribution >= 0.6 is 49.9 Å². The van der Waals surface area contributed by atoms with Gasteiger partial charge in [0.2, 0.25) is 0 Å². The topological polar surface area (TPSA) is 74.8 Å². The molecule has 0 radical (unpaired) electrons. The van der Waals surface area contributed by atoms with E-state index in [1.807, 2.05) is 24.3 Å². The molecule has 0 spiro atoms. The first-order valence-electron chi connectivity index (χ1n) is 10.8. The summed E-state index contributed by atoms with van der Waals surface area (Å²) in [5.41, 5.74) is 2.58. The number of amides is 1. The molecule has 33 heavy (non-hydrogen) atoms. The van der Waals surface area contributed by atoms with Gasteiger partial charge in [0, 0.05) is 21.1 Å². The Balaban J connectivity index is 1.69. The monoisotopic (exact) mass is 640 g/mol. The van der Waals surface area contributed by atoms with Crippen LogP contribution in [0, 0.1) is 14.9 Å². The Bertz CT molecular complexity index is 1200. The van der Waals surface area contributed by atoms with E-state index in [4.69, 9.17) is 9.41 Å². The smallest absolute Gasteiger partial charge is 0.255 e. The maximum Gasteiger partial charge on any atom is 0.255 e. The zero-order valence-electron chi connectivity index (χ0n) is 18.7. The minimum Gasteiger partial charge on any atom is -0.506 e. The third kappa shape index (κ3) is 5.54. The predicted octanol–water partition coefficient (Wildman–Crippen LogP) is 7.25. The summed E-state index contributed by atoms with van der Waals surface area (Å²) >= 11 is 7.15. The van der Waals surface area contributed by atoms with Crippen LogP contribution in [0.5, 0.6) is 5.75 Å². The number of carbonyl (C=O) groups is 1. The van der Waals surface area contributed by atoms with Crippen molar-refractivity contribution >= 4 is 67.0 Å². The van der Waals surface area contributed by atoms with Gasteiger partial charge < -0.3 is 14.8 Å². The maximum absolute atomic E-state index is 13.3. The normalized spacial score (nSPS) is 16.2. The number of halogens is 2. The van der Waals surface area contributed by atoms with Gasteiger partial charge in [0.1, 0.15) is 16.5 Å². The first kappa shape index (κ1) is 24.5. The summed E-state index contributed by atoms with van der Waals surface area (Å²) in [5, 5.41) is 14.1. The van der Waals surface area contributed by atoms with Gasteiger partial charge in [-0.05, 0) is 83.0 Å². The van der Waals surface area contributed by atoms with Crippen LogP contribution in [0.4, 0.5) is 5.00 Å². The number of phenolic OH excluding ortho intramolecular Hbond substituents is 1. The van der Waals surface area contributed by atoms with Gasteiger partial charge in [0.05, 0.1) is 21.9 Å². The molecule has 2 N–H and O–H groups in total. The fourth-order valence-corrected chi connectivity index (χ4v) is 6.94. The molecule has 3 aromatic rings. The zero-order valence-corrected chi connectivity index (χ0v) is 23.3. The van der Waals surface area contributed by atoms with E-state index in [-0.39, 0.29) is 17.1 Å². The number of hydrogen-bond donors (Lipinski definition) is 2. The van der Waals surface area contributed by atoms with E-state index in [9.17, 15) is 9.90 Å². The first-order chi connectivity index (χ1) is 15.6. The van der Waals surface area contributed by atoms with Gasteiger partial charge in [0.15, 0.2) is 0 Å². The fourth-order valence-electron chi connectivity index (χ4n) is 4.12. The second-order valence-corrected chi connectivity index (χ2v) is 12.5. The van der Waals surface area contributed by atoms with Crippen LogP contribution in [0.2, 0.25) is 0 Å². The van der Waals surface area contributed by atoms with Crippen molar-refractivity contribution in [1.29, 1.82) is 0 Å². The second kappa shape index (κ2) is 9.92. The van der Waals surface area contributed by atoms with Crippen molar-refractivity contribution < 1.29 is 14.3 Å². The van der Waals surface area contributed by atoms with Crippen molar-refractivity contribution in [1.82, 2.24) is 5.32 Å². The molecule has 2 heterocycles. The molecular weight excluding hydrogens is 615 g/mol. The second-order valence-electron chi connectivity index (χ2n) is 9.34. The van der Waals surface area contributed by atoms with Gasteiger partial charge in [0.25, 0.3) is 5.91 Å². The summed E-state index contributed by atoms with van der Waals surface area (Å²) in [6.45, 7) is 7.17. The molecule has 8 heteroatoms. The number of furan rings is 1. The molecule has 0 aliphatic heterocycles. The van der Waals surface area contributed by atoms with Gasteiger partial charge in [-0.3, -0.25) is 4.79 Å². The Labute approximate surface area is 220 Å². The third-order valence-electron chi connectivity index (χ3n) is 6.08. The molecule has 0 saturated carbocycles. The number of fused-ring (bicyclic) bond motifs is 1. The van der Waals surface area contributed by atoms with Gasteiger partial charge in [-0.1, -0.05) is 36.7 Å². The molecule has 4 rings (SSSR count). The van der Waals surface area contributed by atoms with Crippen molar-refractivity contribution in [2.75, 3.05) is 0 Å². The summed E-state index contributed by atoms with van der Waals surface area (Å²) in [4.78, 5) is 19.2. The standard InChI is InChI=1S/C25H26BrIN2O3S/c1-25(2,3)15-6-7-18-20(10-15)33-24(21(18)23(31)28-13-17-5-4-8-32-17)29-12-14-9-16(26)11-19(27)22(14)30/h4-5,8-9,11-12,15,30H,6-7,10,13H2,1-3H3,(H,28,31)/t15-/m0/s1. The van der Waals surface area contributed by atoms with Crippen LogP contribution < -0.4 is 5.32 Å². The molecule has 0 saturated heterocycles. The quantitative estimate of drug-likeness (QED) is 0.228. The number of rotatable bonds is 5. The number of nitrogens with one attached hydrogen (secondary N) is 1. The molecule has 0 fully saturated rings. The SMILES string of the molecule is CC(C)(C)[C@H]1CCc2c(sc(N=Cc3cc(Br)cc(I)c3O)c2C(=O)NCc2ccco2)C1. The lowest BCUT2D eigenvalue weighted by Crippen LogP contribution is -2.28. The average Bonchev–Trinajstić information content (AvgIpc) is 3.39. The highest BCUT2D eigenvalue weighted by Gasteiger charge is 2.33. The number of thiophene rings is 1. The minimum atomic E-state index is -0.140. The van der Waals surface area contributed by atoms with E-state index in [0.717, 1.165) is 32.9 Å². The molecule has 1 aliphatic carbocycles. The number of benzene rings is 1. The summed E-state index contributed by atoms with van der Waals surface area (Å²) in [5.74, 6) is 1.31. The number of nitrogens with zero attached hydrogens (tertiary/aromatic N) is 1. The molecule has 174 valence electrons. The van der Waals surface area contributed by atoms with Crippen molar-refractivity contribution in [3.63, 3.8) is 0 Å². The fraction of sp³-hybridized carbons (Fsp3) is 0.360. The molecule has 2 aromatic heterocycles. The largest absolute Gasteiger partial charge is 0.506 e. The van der Waals surface area contributed by atoms with Crippen molar-refractivity contribution in [3.8, 4) is 5.75 Å². The van der Waals surface area contributed by atoms with E-state index >= 15 is 0 Å². The Hall–Kier alpha value is -1.65. The lowest BCUT2D eigenvalue weighted by molar-refractivity contribution is 0.0947. The number of phenols is 1.